The molecule has 28 heavy (non-hydrogen) atoms. The average Bonchev–Trinajstić information content (AvgIpc) is 3.20. The van der Waals surface area contributed by atoms with Crippen LogP contribution in [0.2, 0.25) is 0 Å². The maximum atomic E-state index is 13.4. The third-order valence-corrected chi connectivity index (χ3v) is 5.61. The van der Waals surface area contributed by atoms with Crippen LogP contribution in [0.4, 0.5) is 5.69 Å². The van der Waals surface area contributed by atoms with Crippen LogP contribution in [0.15, 0.2) is 63.7 Å². The van der Waals surface area contributed by atoms with Crippen LogP contribution in [-0.2, 0) is 6.54 Å². The topological polar surface area (TPSA) is 66.2 Å². The molecule has 7 heteroatoms. The molecule has 1 aliphatic rings. The predicted molar refractivity (Wildman–Crippen MR) is 109 cm³/mol. The van der Waals surface area contributed by atoms with Gasteiger partial charge in [0.15, 0.2) is 11.5 Å². The lowest BCUT2D eigenvalue weighted by Crippen LogP contribution is -2.47. The highest BCUT2D eigenvalue weighted by Gasteiger charge is 2.38. The molecule has 0 saturated heterocycles. The third-order valence-electron chi connectivity index (χ3n) is 4.92. The number of fused-ring (bicyclic) bond motifs is 1. The highest BCUT2D eigenvalue weighted by Crippen LogP contribution is 2.43. The summed E-state index contributed by atoms with van der Waals surface area (Å²) in [7, 11) is 3.44. The van der Waals surface area contributed by atoms with E-state index in [1.165, 1.54) is 7.11 Å². The summed E-state index contributed by atoms with van der Waals surface area (Å²) in [6, 6.07) is 14.5. The lowest BCUT2D eigenvalue weighted by molar-refractivity contribution is 0.0618. The van der Waals surface area contributed by atoms with Crippen molar-refractivity contribution in [1.29, 1.82) is 0 Å². The van der Waals surface area contributed by atoms with Crippen molar-refractivity contribution in [2.75, 3.05) is 19.1 Å². The third kappa shape index (κ3) is 3.01. The number of carbonyl (C=O) groups excluding carboxylic acids is 1. The molecule has 0 fully saturated rings. The molecule has 1 aromatic heterocycles. The maximum absolute atomic E-state index is 13.4. The maximum Gasteiger partial charge on any atom is 0.258 e. The molecule has 2 heterocycles. The van der Waals surface area contributed by atoms with E-state index in [0.29, 0.717) is 28.1 Å². The molecule has 0 aliphatic carbocycles. The van der Waals surface area contributed by atoms with Crippen LogP contribution in [0.1, 0.15) is 27.8 Å². The highest BCUT2D eigenvalue weighted by molar-refractivity contribution is 9.10. The van der Waals surface area contributed by atoms with Gasteiger partial charge in [-0.15, -0.1) is 0 Å². The fourth-order valence-electron chi connectivity index (χ4n) is 3.59. The number of phenols is 1. The number of halogens is 1. The highest BCUT2D eigenvalue weighted by atomic mass is 79.9. The molecule has 144 valence electrons. The summed E-state index contributed by atoms with van der Waals surface area (Å²) >= 11 is 3.54. The van der Waals surface area contributed by atoms with Gasteiger partial charge in [-0.1, -0.05) is 28.1 Å². The summed E-state index contributed by atoms with van der Waals surface area (Å²) in [5, 5.41) is 10.1. The van der Waals surface area contributed by atoms with Gasteiger partial charge in [0.25, 0.3) is 5.91 Å². The number of furan rings is 1. The second-order valence-electron chi connectivity index (χ2n) is 6.56. The van der Waals surface area contributed by atoms with E-state index in [1.807, 2.05) is 42.3 Å². The zero-order valence-electron chi connectivity index (χ0n) is 15.4. The number of hydrogen-bond acceptors (Lipinski definition) is 5. The minimum atomic E-state index is -0.420. The Morgan fingerprint density at radius 3 is 2.71 bits per heavy atom. The first-order chi connectivity index (χ1) is 13.5. The van der Waals surface area contributed by atoms with Gasteiger partial charge >= 0.3 is 0 Å². The molecule has 1 aliphatic heterocycles. The van der Waals surface area contributed by atoms with Crippen molar-refractivity contribution in [2.45, 2.75) is 12.7 Å². The van der Waals surface area contributed by atoms with E-state index in [1.54, 1.807) is 29.4 Å². The van der Waals surface area contributed by atoms with Crippen LogP contribution in [0, 0.1) is 0 Å². The molecule has 3 aromatic rings. The van der Waals surface area contributed by atoms with Gasteiger partial charge in [0, 0.05) is 17.1 Å². The number of rotatable bonds is 4. The standard InChI is InChI=1S/C21H19BrN2O4/c1-23-17-8-4-3-7-14(17)21(26)24(12-13-6-5-9-28-13)20(23)15-10-19(27-2)18(25)11-16(15)22/h3-11,20,25H,12H2,1-2H3/t20-/m1/s1. The molecule has 1 atom stereocenters. The molecule has 1 N–H and O–H groups in total. The molecule has 4 rings (SSSR count). The average molecular weight is 443 g/mol. The van der Waals surface area contributed by atoms with Gasteiger partial charge in [0.2, 0.25) is 0 Å². The zero-order valence-corrected chi connectivity index (χ0v) is 17.0. The SMILES string of the molecule is COc1cc([C@H]2N(Cc3ccco3)C(=O)c3ccccc3N2C)c(Br)cc1O. The van der Waals surface area contributed by atoms with Crippen molar-refractivity contribution in [3.8, 4) is 11.5 Å². The fraction of sp³-hybridized carbons (Fsp3) is 0.190. The number of benzene rings is 2. The lowest BCUT2D eigenvalue weighted by Gasteiger charge is -2.44. The van der Waals surface area contributed by atoms with Crippen molar-refractivity contribution in [3.05, 3.63) is 76.2 Å². The summed E-state index contributed by atoms with van der Waals surface area (Å²) < 4.78 is 11.5. The normalized spacial score (nSPS) is 16.2. The van der Waals surface area contributed by atoms with E-state index in [4.69, 9.17) is 9.15 Å². The first kappa shape index (κ1) is 18.4. The Hall–Kier alpha value is -2.93. The smallest absolute Gasteiger partial charge is 0.258 e. The van der Waals surface area contributed by atoms with Gasteiger partial charge in [-0.2, -0.15) is 0 Å². The quantitative estimate of drug-likeness (QED) is 0.641. The van der Waals surface area contributed by atoms with Gasteiger partial charge in [0.1, 0.15) is 11.9 Å². The van der Waals surface area contributed by atoms with E-state index in [9.17, 15) is 9.90 Å². The van der Waals surface area contributed by atoms with Crippen LogP contribution >= 0.6 is 15.9 Å². The Labute approximate surface area is 171 Å². The molecular weight excluding hydrogens is 424 g/mol. The number of carbonyl (C=O) groups is 1. The van der Waals surface area contributed by atoms with Gasteiger partial charge in [0.05, 0.1) is 31.2 Å². The second-order valence-corrected chi connectivity index (χ2v) is 7.41. The van der Waals surface area contributed by atoms with E-state index < -0.39 is 6.17 Å². The molecule has 0 unspecified atom stereocenters. The van der Waals surface area contributed by atoms with Crippen molar-refractivity contribution in [1.82, 2.24) is 4.90 Å². The zero-order chi connectivity index (χ0) is 19.8. The Balaban J connectivity index is 1.88. The van der Waals surface area contributed by atoms with Crippen molar-refractivity contribution in [3.63, 3.8) is 0 Å². The number of para-hydroxylation sites is 1. The molecule has 2 aromatic carbocycles. The number of methoxy groups -OCH3 is 1. The lowest BCUT2D eigenvalue weighted by atomic mass is 10.0. The summed E-state index contributed by atoms with van der Waals surface area (Å²) in [4.78, 5) is 17.2. The van der Waals surface area contributed by atoms with Crippen LogP contribution in [-0.4, -0.2) is 30.1 Å². The Morgan fingerprint density at radius 1 is 1.21 bits per heavy atom. The van der Waals surface area contributed by atoms with Crippen molar-refractivity contribution in [2.24, 2.45) is 0 Å². The molecule has 0 spiro atoms. The van der Waals surface area contributed by atoms with Gasteiger partial charge in [-0.05, 0) is 36.4 Å². The number of nitrogens with zero attached hydrogens (tertiary/aromatic N) is 2. The first-order valence-corrected chi connectivity index (χ1v) is 9.52. The van der Waals surface area contributed by atoms with Crippen LogP contribution < -0.4 is 9.64 Å². The monoisotopic (exact) mass is 442 g/mol. The Bertz CT molecular complexity index is 1020. The summed E-state index contributed by atoms with van der Waals surface area (Å²) in [5.74, 6) is 0.971. The molecular formula is C21H19BrN2O4. The van der Waals surface area contributed by atoms with E-state index in [0.717, 1.165) is 11.3 Å². The molecule has 0 saturated carbocycles. The van der Waals surface area contributed by atoms with Gasteiger partial charge in [-0.25, -0.2) is 0 Å². The van der Waals surface area contributed by atoms with Crippen LogP contribution in [0.25, 0.3) is 0 Å². The Morgan fingerprint density at radius 2 is 2.00 bits per heavy atom. The van der Waals surface area contributed by atoms with Crippen LogP contribution in [0.3, 0.4) is 0 Å². The second kappa shape index (κ2) is 7.24. The van der Waals surface area contributed by atoms with E-state index >= 15 is 0 Å². The number of anilines is 1. The van der Waals surface area contributed by atoms with Crippen molar-refractivity contribution < 1.29 is 19.1 Å². The molecule has 0 bridgehead atoms. The Kier molecular flexibility index (Phi) is 4.77. The molecule has 0 radical (unpaired) electrons. The van der Waals surface area contributed by atoms with E-state index in [-0.39, 0.29) is 11.7 Å². The number of aromatic hydroxyl groups is 1. The number of amides is 1. The van der Waals surface area contributed by atoms with Gasteiger partial charge in [-0.3, -0.25) is 4.79 Å². The number of ether oxygens (including phenoxy) is 1. The molecule has 1 amide bonds. The predicted octanol–water partition coefficient (Wildman–Crippen LogP) is 4.55. The fourth-order valence-corrected chi connectivity index (χ4v) is 4.13. The number of phenolic OH excluding ortho intramolecular Hbond substituents is 1. The van der Waals surface area contributed by atoms with Crippen LogP contribution in [0.5, 0.6) is 11.5 Å². The minimum Gasteiger partial charge on any atom is -0.504 e. The summed E-state index contributed by atoms with van der Waals surface area (Å²) in [6.07, 6.45) is 1.17. The van der Waals surface area contributed by atoms with E-state index in [2.05, 4.69) is 15.9 Å². The minimum absolute atomic E-state index is 0.0286. The summed E-state index contributed by atoms with van der Waals surface area (Å²) in [6.45, 7) is 0.310. The van der Waals surface area contributed by atoms with Crippen molar-refractivity contribution >= 4 is 27.5 Å². The first-order valence-electron chi connectivity index (χ1n) is 8.73. The van der Waals surface area contributed by atoms with Gasteiger partial charge < -0.3 is 24.1 Å². The largest absolute Gasteiger partial charge is 0.504 e. The number of hydrogen-bond donors (Lipinski definition) is 1. The molecule has 6 nitrogen and oxygen atoms in total. The summed E-state index contributed by atoms with van der Waals surface area (Å²) in [5.41, 5.74) is 2.27.